The molecule has 0 fully saturated rings. The Morgan fingerprint density at radius 2 is 1.47 bits per heavy atom. The molecule has 0 N–H and O–H groups in total. The van der Waals surface area contributed by atoms with Crippen LogP contribution >= 0.6 is 0 Å². The first-order chi connectivity index (χ1) is 16.6. The number of aromatic nitrogens is 1. The summed E-state index contributed by atoms with van der Waals surface area (Å²) in [6.45, 7) is 7.76. The Bertz CT molecular complexity index is 1100. The SMILES string of the molecule is C=C(C)c1cc(N(Cc2ccc(OC)cc2)Cc2ccc(OC)cc2)cc(C2=CCCCC2)n1. The van der Waals surface area contributed by atoms with Crippen LogP contribution in [0.25, 0.3) is 11.1 Å². The van der Waals surface area contributed by atoms with Crippen molar-refractivity contribution in [3.63, 3.8) is 0 Å². The summed E-state index contributed by atoms with van der Waals surface area (Å²) in [7, 11) is 3.39. The van der Waals surface area contributed by atoms with E-state index in [-0.39, 0.29) is 0 Å². The number of rotatable bonds is 9. The first kappa shape index (κ1) is 23.6. The fourth-order valence-corrected chi connectivity index (χ4v) is 4.29. The van der Waals surface area contributed by atoms with E-state index in [1.54, 1.807) is 14.2 Å². The molecule has 4 rings (SSSR count). The van der Waals surface area contributed by atoms with Crippen molar-refractivity contribution >= 4 is 16.8 Å². The highest BCUT2D eigenvalue weighted by Crippen LogP contribution is 2.31. The molecule has 1 heterocycles. The Morgan fingerprint density at radius 1 is 0.882 bits per heavy atom. The van der Waals surface area contributed by atoms with Crippen molar-refractivity contribution in [2.45, 2.75) is 45.7 Å². The highest BCUT2D eigenvalue weighted by atomic mass is 16.5. The van der Waals surface area contributed by atoms with Gasteiger partial charge in [-0.25, -0.2) is 4.98 Å². The first-order valence-corrected chi connectivity index (χ1v) is 11.9. The van der Waals surface area contributed by atoms with E-state index in [2.05, 4.69) is 54.0 Å². The van der Waals surface area contributed by atoms with E-state index in [9.17, 15) is 0 Å². The van der Waals surface area contributed by atoms with E-state index in [0.29, 0.717) is 0 Å². The zero-order valence-corrected chi connectivity index (χ0v) is 20.5. The summed E-state index contributed by atoms with van der Waals surface area (Å²) in [4.78, 5) is 7.38. The van der Waals surface area contributed by atoms with Crippen molar-refractivity contribution in [2.75, 3.05) is 19.1 Å². The maximum absolute atomic E-state index is 5.35. The minimum Gasteiger partial charge on any atom is -0.497 e. The number of hydrogen-bond donors (Lipinski definition) is 0. The summed E-state index contributed by atoms with van der Waals surface area (Å²) in [6, 6.07) is 21.0. The summed E-state index contributed by atoms with van der Waals surface area (Å²) >= 11 is 0. The molecular weight excluding hydrogens is 420 g/mol. The van der Waals surface area contributed by atoms with Crippen LogP contribution in [0.5, 0.6) is 11.5 Å². The first-order valence-electron chi connectivity index (χ1n) is 11.9. The molecule has 0 saturated heterocycles. The van der Waals surface area contributed by atoms with Crippen molar-refractivity contribution in [1.82, 2.24) is 4.98 Å². The number of methoxy groups -OCH3 is 2. The predicted molar refractivity (Wildman–Crippen MR) is 141 cm³/mol. The lowest BCUT2D eigenvalue weighted by atomic mass is 9.96. The summed E-state index contributed by atoms with van der Waals surface area (Å²) < 4.78 is 10.7. The number of hydrogen-bond acceptors (Lipinski definition) is 4. The van der Waals surface area contributed by atoms with Crippen LogP contribution in [-0.4, -0.2) is 19.2 Å². The molecule has 1 aliphatic carbocycles. The number of benzene rings is 2. The van der Waals surface area contributed by atoms with Gasteiger partial charge in [0.25, 0.3) is 0 Å². The molecule has 0 spiro atoms. The molecule has 0 bridgehead atoms. The number of nitrogens with zero attached hydrogens (tertiary/aromatic N) is 2. The normalized spacial score (nSPS) is 13.2. The predicted octanol–water partition coefficient (Wildman–Crippen LogP) is 7.30. The van der Waals surface area contributed by atoms with Gasteiger partial charge in [0.1, 0.15) is 11.5 Å². The zero-order valence-electron chi connectivity index (χ0n) is 20.5. The second kappa shape index (κ2) is 11.1. The van der Waals surface area contributed by atoms with Crippen molar-refractivity contribution in [1.29, 1.82) is 0 Å². The quantitative estimate of drug-likeness (QED) is 0.340. The minimum absolute atomic E-state index is 0.772. The van der Waals surface area contributed by atoms with Gasteiger partial charge in [0.2, 0.25) is 0 Å². The minimum atomic E-state index is 0.772. The van der Waals surface area contributed by atoms with Gasteiger partial charge in [-0.2, -0.15) is 0 Å². The van der Waals surface area contributed by atoms with Crippen LogP contribution in [0.4, 0.5) is 5.69 Å². The molecule has 0 radical (unpaired) electrons. The van der Waals surface area contributed by atoms with Gasteiger partial charge in [-0.1, -0.05) is 36.9 Å². The summed E-state index contributed by atoms with van der Waals surface area (Å²) in [6.07, 6.45) is 7.06. The number of ether oxygens (including phenoxy) is 2. The fraction of sp³-hybridized carbons (Fsp3) is 0.300. The molecule has 0 aliphatic heterocycles. The largest absolute Gasteiger partial charge is 0.497 e. The molecule has 2 aromatic carbocycles. The maximum atomic E-state index is 5.35. The monoisotopic (exact) mass is 454 g/mol. The summed E-state index contributed by atoms with van der Waals surface area (Å²) in [5.41, 5.74) is 7.96. The maximum Gasteiger partial charge on any atom is 0.118 e. The highest BCUT2D eigenvalue weighted by Gasteiger charge is 2.16. The van der Waals surface area contributed by atoms with Gasteiger partial charge >= 0.3 is 0 Å². The van der Waals surface area contributed by atoms with Gasteiger partial charge in [-0.15, -0.1) is 0 Å². The third-order valence-corrected chi connectivity index (χ3v) is 6.30. The Kier molecular flexibility index (Phi) is 7.69. The van der Waals surface area contributed by atoms with Crippen molar-refractivity contribution < 1.29 is 9.47 Å². The summed E-state index contributed by atoms with van der Waals surface area (Å²) in [5.74, 6) is 1.73. The Balaban J connectivity index is 1.73. The lowest BCUT2D eigenvalue weighted by Crippen LogP contribution is -2.22. The molecule has 34 heavy (non-hydrogen) atoms. The van der Waals surface area contributed by atoms with E-state index in [1.807, 2.05) is 31.2 Å². The van der Waals surface area contributed by atoms with Gasteiger partial charge < -0.3 is 14.4 Å². The van der Waals surface area contributed by atoms with Gasteiger partial charge in [-0.3, -0.25) is 0 Å². The standard InChI is InChI=1S/C30H34N2O2/c1-22(2)29-18-26(19-30(31-29)25-8-6-5-7-9-25)32(20-23-10-14-27(33-3)15-11-23)21-24-12-16-28(34-4)17-13-24/h8,10-19H,1,5-7,9,20-21H2,2-4H3. The topological polar surface area (TPSA) is 34.6 Å². The van der Waals surface area contributed by atoms with Crippen LogP contribution in [-0.2, 0) is 13.1 Å². The molecule has 1 aliphatic rings. The van der Waals surface area contributed by atoms with Gasteiger partial charge in [-0.05, 0) is 91.3 Å². The Hall–Kier alpha value is -3.53. The van der Waals surface area contributed by atoms with E-state index in [4.69, 9.17) is 14.5 Å². The molecule has 4 heteroatoms. The Morgan fingerprint density at radius 3 is 1.94 bits per heavy atom. The lowest BCUT2D eigenvalue weighted by Gasteiger charge is -2.27. The van der Waals surface area contributed by atoms with Crippen LogP contribution in [0.15, 0.2) is 73.3 Å². The lowest BCUT2D eigenvalue weighted by molar-refractivity contribution is 0.414. The molecule has 3 aromatic rings. The summed E-state index contributed by atoms with van der Waals surface area (Å²) in [5, 5.41) is 0. The third-order valence-electron chi connectivity index (χ3n) is 6.30. The third kappa shape index (κ3) is 5.88. The number of pyridine rings is 1. The van der Waals surface area contributed by atoms with E-state index < -0.39 is 0 Å². The van der Waals surface area contributed by atoms with Crippen LogP contribution < -0.4 is 14.4 Å². The molecule has 0 amide bonds. The van der Waals surface area contributed by atoms with E-state index in [0.717, 1.165) is 60.1 Å². The highest BCUT2D eigenvalue weighted by molar-refractivity contribution is 5.71. The van der Waals surface area contributed by atoms with Crippen LogP contribution in [0.1, 0.15) is 55.1 Å². The van der Waals surface area contributed by atoms with Crippen LogP contribution in [0.2, 0.25) is 0 Å². The van der Waals surface area contributed by atoms with Crippen LogP contribution in [0, 0.1) is 0 Å². The van der Waals surface area contributed by atoms with Gasteiger partial charge in [0, 0.05) is 18.8 Å². The molecule has 176 valence electrons. The number of allylic oxidation sites excluding steroid dienone is 3. The van der Waals surface area contributed by atoms with Gasteiger partial charge in [0.15, 0.2) is 0 Å². The van der Waals surface area contributed by atoms with Crippen molar-refractivity contribution in [2.24, 2.45) is 0 Å². The number of anilines is 1. The van der Waals surface area contributed by atoms with Crippen LogP contribution in [0.3, 0.4) is 0 Å². The van der Waals surface area contributed by atoms with Gasteiger partial charge in [0.05, 0.1) is 25.6 Å². The molecule has 0 atom stereocenters. The molecule has 0 unspecified atom stereocenters. The zero-order chi connectivity index (χ0) is 23.9. The van der Waals surface area contributed by atoms with Crippen molar-refractivity contribution in [3.05, 3.63) is 95.8 Å². The molecule has 4 nitrogen and oxygen atoms in total. The second-order valence-corrected chi connectivity index (χ2v) is 8.90. The second-order valence-electron chi connectivity index (χ2n) is 8.90. The van der Waals surface area contributed by atoms with E-state index >= 15 is 0 Å². The Labute approximate surface area is 203 Å². The molecule has 0 saturated carbocycles. The fourth-order valence-electron chi connectivity index (χ4n) is 4.29. The van der Waals surface area contributed by atoms with E-state index in [1.165, 1.54) is 29.5 Å². The molecular formula is C30H34N2O2. The van der Waals surface area contributed by atoms with Crippen molar-refractivity contribution in [3.8, 4) is 11.5 Å². The average molecular weight is 455 g/mol. The smallest absolute Gasteiger partial charge is 0.118 e. The molecule has 1 aromatic heterocycles. The average Bonchev–Trinajstić information content (AvgIpc) is 2.89.